The van der Waals surface area contributed by atoms with E-state index in [9.17, 15) is 19.5 Å². The van der Waals surface area contributed by atoms with E-state index in [1.54, 1.807) is 4.90 Å². The third-order valence-electron chi connectivity index (χ3n) is 7.19. The molecule has 1 aliphatic heterocycles. The van der Waals surface area contributed by atoms with E-state index in [4.69, 9.17) is 11.5 Å². The summed E-state index contributed by atoms with van der Waals surface area (Å²) < 4.78 is 0. The molecule has 3 aromatic rings. The van der Waals surface area contributed by atoms with Crippen molar-refractivity contribution in [2.24, 2.45) is 16.5 Å². The number of guanidine groups is 1. The number of hydrogen-bond donors (Lipinski definition) is 3. The minimum Gasteiger partial charge on any atom is -0.481 e. The lowest BCUT2D eigenvalue weighted by Crippen LogP contribution is -2.42. The number of aliphatic imine (C=N–C) groups is 1. The van der Waals surface area contributed by atoms with Crippen molar-refractivity contribution in [3.05, 3.63) is 101 Å². The Balaban J connectivity index is 1.68. The SMILES string of the molecule is NC(N)=NCCCCCCc1ccc2c(c1)C(=O)N(CCC(=O)O)CC(=O)N2C(c1ccccc1)c1ccccc1. The molecule has 9 heteroatoms. The summed E-state index contributed by atoms with van der Waals surface area (Å²) in [4.78, 5) is 46.2. The summed E-state index contributed by atoms with van der Waals surface area (Å²) in [6, 6.07) is 24.7. The molecule has 0 fully saturated rings. The van der Waals surface area contributed by atoms with Gasteiger partial charge in [0.25, 0.3) is 5.91 Å². The number of benzene rings is 3. The predicted octanol–water partition coefficient (Wildman–Crippen LogP) is 4.12. The van der Waals surface area contributed by atoms with Gasteiger partial charge in [-0.15, -0.1) is 0 Å². The van der Waals surface area contributed by atoms with Crippen molar-refractivity contribution in [3.8, 4) is 0 Å². The molecule has 0 unspecified atom stereocenters. The first-order valence-electron chi connectivity index (χ1n) is 14.0. The standard InChI is InChI=1S/C32H37N5O4/c33-32(34)35-19-10-2-1-5-11-23-16-17-27-26(21-23)31(41)36(20-18-29(39)40)22-28(38)37(27)30(24-12-6-3-7-13-24)25-14-8-4-9-15-25/h3-4,6-9,12-17,21,30H,1-2,5,10-11,18-20,22H2,(H,39,40)(H4,33,34,35). The number of rotatable bonds is 13. The highest BCUT2D eigenvalue weighted by molar-refractivity contribution is 6.10. The fourth-order valence-corrected chi connectivity index (χ4v) is 5.19. The average Bonchev–Trinajstić information content (AvgIpc) is 3.07. The second-order valence-electron chi connectivity index (χ2n) is 10.2. The van der Waals surface area contributed by atoms with E-state index in [-0.39, 0.29) is 37.3 Å². The van der Waals surface area contributed by atoms with Crippen LogP contribution < -0.4 is 16.4 Å². The molecule has 41 heavy (non-hydrogen) atoms. The van der Waals surface area contributed by atoms with E-state index in [2.05, 4.69) is 4.99 Å². The van der Waals surface area contributed by atoms with E-state index in [0.717, 1.165) is 48.8 Å². The number of carboxylic acid groups (broad SMARTS) is 1. The minimum atomic E-state index is -1.02. The van der Waals surface area contributed by atoms with Crippen LogP contribution in [0.5, 0.6) is 0 Å². The molecule has 2 amide bonds. The molecule has 0 aliphatic carbocycles. The van der Waals surface area contributed by atoms with Gasteiger partial charge in [0.1, 0.15) is 6.54 Å². The van der Waals surface area contributed by atoms with Gasteiger partial charge in [-0.25, -0.2) is 0 Å². The van der Waals surface area contributed by atoms with Gasteiger partial charge in [0.15, 0.2) is 5.96 Å². The van der Waals surface area contributed by atoms with Crippen LogP contribution in [0.4, 0.5) is 5.69 Å². The average molecular weight is 556 g/mol. The van der Waals surface area contributed by atoms with Gasteiger partial charge in [0, 0.05) is 13.1 Å². The van der Waals surface area contributed by atoms with Crippen LogP contribution in [0.15, 0.2) is 83.9 Å². The van der Waals surface area contributed by atoms with Crippen molar-refractivity contribution in [2.45, 2.75) is 44.6 Å². The number of amides is 2. The van der Waals surface area contributed by atoms with Crippen molar-refractivity contribution in [3.63, 3.8) is 0 Å². The third kappa shape index (κ3) is 7.72. The van der Waals surface area contributed by atoms with Crippen LogP contribution >= 0.6 is 0 Å². The Bertz CT molecular complexity index is 1330. The van der Waals surface area contributed by atoms with Crippen LogP contribution in [0.2, 0.25) is 0 Å². The Morgan fingerprint density at radius 3 is 2.12 bits per heavy atom. The van der Waals surface area contributed by atoms with Gasteiger partial charge >= 0.3 is 5.97 Å². The van der Waals surface area contributed by atoms with Crippen LogP contribution in [-0.4, -0.2) is 53.4 Å². The Morgan fingerprint density at radius 1 is 0.878 bits per heavy atom. The van der Waals surface area contributed by atoms with Gasteiger partial charge in [-0.05, 0) is 48.1 Å². The zero-order valence-electron chi connectivity index (χ0n) is 23.1. The van der Waals surface area contributed by atoms with E-state index in [1.165, 1.54) is 4.90 Å². The quantitative estimate of drug-likeness (QED) is 0.165. The molecule has 9 nitrogen and oxygen atoms in total. The van der Waals surface area contributed by atoms with Gasteiger partial charge < -0.3 is 21.5 Å². The summed E-state index contributed by atoms with van der Waals surface area (Å²) in [7, 11) is 0. The van der Waals surface area contributed by atoms with Crippen molar-refractivity contribution in [1.29, 1.82) is 0 Å². The summed E-state index contributed by atoms with van der Waals surface area (Å²) in [5.41, 5.74) is 14.5. The zero-order chi connectivity index (χ0) is 29.2. The van der Waals surface area contributed by atoms with E-state index < -0.39 is 12.0 Å². The van der Waals surface area contributed by atoms with Gasteiger partial charge in [0.2, 0.25) is 5.91 Å². The maximum atomic E-state index is 13.9. The summed E-state index contributed by atoms with van der Waals surface area (Å²) in [6.07, 6.45) is 4.33. The van der Waals surface area contributed by atoms with Gasteiger partial charge in [-0.3, -0.25) is 24.3 Å². The smallest absolute Gasteiger partial charge is 0.305 e. The molecular formula is C32H37N5O4. The van der Waals surface area contributed by atoms with Gasteiger partial charge in [-0.1, -0.05) is 79.6 Å². The van der Waals surface area contributed by atoms with Crippen LogP contribution in [0.3, 0.4) is 0 Å². The summed E-state index contributed by atoms with van der Waals surface area (Å²) in [5, 5.41) is 9.29. The number of hydrogen-bond acceptors (Lipinski definition) is 4. The first-order valence-corrected chi connectivity index (χ1v) is 14.0. The lowest BCUT2D eigenvalue weighted by Gasteiger charge is -2.33. The topological polar surface area (TPSA) is 142 Å². The fraction of sp³-hybridized carbons (Fsp3) is 0.312. The second kappa shape index (κ2) is 14.1. The lowest BCUT2D eigenvalue weighted by molar-refractivity contribution is -0.137. The van der Waals surface area contributed by atoms with Crippen LogP contribution in [0.25, 0.3) is 0 Å². The highest BCUT2D eigenvalue weighted by atomic mass is 16.4. The maximum absolute atomic E-state index is 13.9. The predicted molar refractivity (Wildman–Crippen MR) is 160 cm³/mol. The normalized spacial score (nSPS) is 13.2. The maximum Gasteiger partial charge on any atom is 0.305 e. The van der Waals surface area contributed by atoms with Gasteiger partial charge in [0.05, 0.1) is 23.7 Å². The number of fused-ring (bicyclic) bond motifs is 1. The van der Waals surface area contributed by atoms with Crippen molar-refractivity contribution in [1.82, 2.24) is 4.90 Å². The molecule has 0 spiro atoms. The highest BCUT2D eigenvalue weighted by Crippen LogP contribution is 2.37. The molecule has 214 valence electrons. The summed E-state index contributed by atoms with van der Waals surface area (Å²) >= 11 is 0. The Hall–Kier alpha value is -4.66. The Labute approximate surface area is 240 Å². The van der Waals surface area contributed by atoms with E-state index in [0.29, 0.717) is 17.8 Å². The summed E-state index contributed by atoms with van der Waals surface area (Å²) in [6.45, 7) is 0.354. The fourth-order valence-electron chi connectivity index (χ4n) is 5.19. The molecular weight excluding hydrogens is 518 g/mol. The van der Waals surface area contributed by atoms with Gasteiger partial charge in [-0.2, -0.15) is 0 Å². The number of nitrogens with two attached hydrogens (primary N) is 2. The third-order valence-corrected chi connectivity index (χ3v) is 7.19. The van der Waals surface area contributed by atoms with Crippen molar-refractivity contribution >= 4 is 29.4 Å². The molecule has 0 aromatic heterocycles. The van der Waals surface area contributed by atoms with E-state index in [1.807, 2.05) is 78.9 Å². The molecule has 3 aromatic carbocycles. The molecule has 0 atom stereocenters. The molecule has 0 radical (unpaired) electrons. The largest absolute Gasteiger partial charge is 0.481 e. The Kier molecular flexibility index (Phi) is 10.1. The number of carboxylic acids is 1. The number of carbonyl (C=O) groups is 3. The molecule has 0 bridgehead atoms. The second-order valence-corrected chi connectivity index (χ2v) is 10.2. The zero-order valence-corrected chi connectivity index (χ0v) is 23.1. The number of unbranched alkanes of at least 4 members (excludes halogenated alkanes) is 3. The van der Waals surface area contributed by atoms with Crippen molar-refractivity contribution < 1.29 is 19.5 Å². The van der Waals surface area contributed by atoms with Crippen LogP contribution in [0.1, 0.15) is 65.2 Å². The number of aliphatic carboxylic acids is 1. The van der Waals surface area contributed by atoms with Crippen LogP contribution in [-0.2, 0) is 16.0 Å². The monoisotopic (exact) mass is 555 g/mol. The number of aryl methyl sites for hydroxylation is 1. The number of nitrogens with zero attached hydrogens (tertiary/aromatic N) is 3. The Morgan fingerprint density at radius 2 is 1.51 bits per heavy atom. The first-order chi connectivity index (χ1) is 19.8. The summed E-state index contributed by atoms with van der Waals surface area (Å²) in [5.74, 6) is -1.53. The molecule has 1 heterocycles. The van der Waals surface area contributed by atoms with E-state index >= 15 is 0 Å². The highest BCUT2D eigenvalue weighted by Gasteiger charge is 2.37. The van der Waals surface area contributed by atoms with Crippen LogP contribution in [0, 0.1) is 0 Å². The number of carbonyl (C=O) groups excluding carboxylic acids is 2. The molecule has 0 saturated heterocycles. The first kappa shape index (κ1) is 29.3. The molecule has 5 N–H and O–H groups in total. The molecule has 0 saturated carbocycles. The van der Waals surface area contributed by atoms with Crippen molar-refractivity contribution in [2.75, 3.05) is 24.5 Å². The molecule has 4 rings (SSSR count). The number of anilines is 1. The lowest BCUT2D eigenvalue weighted by atomic mass is 9.95. The molecule has 1 aliphatic rings. The minimum absolute atomic E-state index is 0.0471.